The van der Waals surface area contributed by atoms with E-state index in [1.165, 1.54) is 10.4 Å². The molecule has 8 heteroatoms. The molecule has 1 saturated heterocycles. The molecule has 2 aliphatic rings. The molecule has 1 aromatic rings. The van der Waals surface area contributed by atoms with Gasteiger partial charge in [0, 0.05) is 18.8 Å². The van der Waals surface area contributed by atoms with Gasteiger partial charge in [0.15, 0.2) is 6.61 Å². The van der Waals surface area contributed by atoms with E-state index in [1.807, 2.05) is 12.2 Å². The minimum absolute atomic E-state index is 0.158. The quantitative estimate of drug-likeness (QED) is 0.541. The smallest absolute Gasteiger partial charge is 0.306 e. The Bertz CT molecular complexity index is 888. The number of amides is 1. The van der Waals surface area contributed by atoms with Crippen LogP contribution in [0.15, 0.2) is 35.2 Å². The van der Waals surface area contributed by atoms with Gasteiger partial charge >= 0.3 is 5.97 Å². The summed E-state index contributed by atoms with van der Waals surface area (Å²) in [7, 11) is -3.59. The Balaban J connectivity index is 1.59. The second-order valence-electron chi connectivity index (χ2n) is 7.62. The number of sulfonamides is 1. The molecule has 1 heterocycles. The summed E-state index contributed by atoms with van der Waals surface area (Å²) in [5, 5.41) is 2.66. The van der Waals surface area contributed by atoms with Crippen molar-refractivity contribution in [3.05, 3.63) is 35.9 Å². The second-order valence-corrected chi connectivity index (χ2v) is 9.56. The van der Waals surface area contributed by atoms with Crippen LogP contribution in [0, 0.1) is 12.8 Å². The average molecular weight is 421 g/mol. The molecule has 0 bridgehead atoms. The van der Waals surface area contributed by atoms with Gasteiger partial charge in [-0.3, -0.25) is 9.59 Å². The van der Waals surface area contributed by atoms with Crippen LogP contribution in [-0.4, -0.2) is 44.3 Å². The number of anilines is 1. The molecule has 1 fully saturated rings. The fourth-order valence-electron chi connectivity index (χ4n) is 3.62. The number of rotatable bonds is 7. The summed E-state index contributed by atoms with van der Waals surface area (Å²) in [5.41, 5.74) is 1.14. The Labute approximate surface area is 172 Å². The van der Waals surface area contributed by atoms with Crippen LogP contribution in [0.4, 0.5) is 5.69 Å². The number of carbonyl (C=O) groups is 2. The van der Waals surface area contributed by atoms with Crippen molar-refractivity contribution in [2.45, 2.75) is 50.3 Å². The van der Waals surface area contributed by atoms with Crippen LogP contribution in [0.1, 0.15) is 44.1 Å². The Morgan fingerprint density at radius 3 is 2.66 bits per heavy atom. The van der Waals surface area contributed by atoms with Crippen LogP contribution >= 0.6 is 0 Å². The molecule has 1 atom stereocenters. The van der Waals surface area contributed by atoms with Gasteiger partial charge in [-0.1, -0.05) is 24.6 Å². The lowest BCUT2D eigenvalue weighted by Crippen LogP contribution is -2.35. The van der Waals surface area contributed by atoms with Gasteiger partial charge in [-0.15, -0.1) is 0 Å². The van der Waals surface area contributed by atoms with Gasteiger partial charge in [0.1, 0.15) is 0 Å². The lowest BCUT2D eigenvalue weighted by atomic mass is 10.1. The van der Waals surface area contributed by atoms with E-state index < -0.39 is 28.5 Å². The van der Waals surface area contributed by atoms with E-state index in [9.17, 15) is 18.0 Å². The number of nitrogens with zero attached hydrogens (tertiary/aromatic N) is 1. The summed E-state index contributed by atoms with van der Waals surface area (Å²) < 4.78 is 32.3. The van der Waals surface area contributed by atoms with Gasteiger partial charge in [-0.2, -0.15) is 4.31 Å². The molecule has 158 valence electrons. The van der Waals surface area contributed by atoms with Crippen molar-refractivity contribution < 1.29 is 22.7 Å². The molecule has 3 rings (SSSR count). The third kappa shape index (κ3) is 5.67. The molecule has 0 unspecified atom stereocenters. The van der Waals surface area contributed by atoms with Gasteiger partial charge < -0.3 is 10.1 Å². The van der Waals surface area contributed by atoms with Gasteiger partial charge in [0.05, 0.1) is 11.3 Å². The summed E-state index contributed by atoms with van der Waals surface area (Å²) in [5.74, 6) is -0.713. The highest BCUT2D eigenvalue weighted by Crippen LogP contribution is 2.25. The maximum Gasteiger partial charge on any atom is 0.306 e. The summed E-state index contributed by atoms with van der Waals surface area (Å²) >= 11 is 0. The van der Waals surface area contributed by atoms with E-state index in [2.05, 4.69) is 5.32 Å². The lowest BCUT2D eigenvalue weighted by Gasteiger charge is -2.26. The number of esters is 1. The van der Waals surface area contributed by atoms with Crippen molar-refractivity contribution in [2.75, 3.05) is 25.0 Å². The summed E-state index contributed by atoms with van der Waals surface area (Å²) in [6.07, 6.45) is 8.96. The monoisotopic (exact) mass is 420 g/mol. The zero-order valence-electron chi connectivity index (χ0n) is 16.7. The molecular formula is C21H28N2O5S. The van der Waals surface area contributed by atoms with E-state index in [4.69, 9.17) is 4.74 Å². The molecule has 1 aromatic carbocycles. The molecular weight excluding hydrogens is 392 g/mol. The second kappa shape index (κ2) is 9.54. The standard InChI is InChI=1S/C21H28N2O5S/c1-16-9-10-18(29(26,27)23-11-5-2-6-12-23)14-19(16)22-20(24)15-28-21(25)13-17-7-3-4-8-17/h3,7,9-10,14,17H,2,4-6,8,11-13,15H2,1H3,(H,22,24)/t17-/m0/s1. The van der Waals surface area contributed by atoms with Crippen LogP contribution in [-0.2, 0) is 24.3 Å². The van der Waals surface area contributed by atoms with Crippen LogP contribution in [0.25, 0.3) is 0 Å². The summed E-state index contributed by atoms with van der Waals surface area (Å²) in [6, 6.07) is 4.71. The van der Waals surface area contributed by atoms with Gasteiger partial charge in [0.2, 0.25) is 10.0 Å². The van der Waals surface area contributed by atoms with Crippen molar-refractivity contribution in [1.29, 1.82) is 0 Å². The van der Waals surface area contributed by atoms with Crippen LogP contribution < -0.4 is 5.32 Å². The Morgan fingerprint density at radius 2 is 1.97 bits per heavy atom. The molecule has 7 nitrogen and oxygen atoms in total. The van der Waals surface area contributed by atoms with Gasteiger partial charge in [0.25, 0.3) is 5.91 Å². The number of hydrogen-bond acceptors (Lipinski definition) is 5. The average Bonchev–Trinajstić information content (AvgIpc) is 3.21. The van der Waals surface area contributed by atoms with E-state index in [0.29, 0.717) is 18.8 Å². The molecule has 29 heavy (non-hydrogen) atoms. The number of carbonyl (C=O) groups excluding carboxylic acids is 2. The predicted octanol–water partition coefficient (Wildman–Crippen LogP) is 3.01. The van der Waals surface area contributed by atoms with E-state index >= 15 is 0 Å². The Morgan fingerprint density at radius 1 is 1.21 bits per heavy atom. The number of nitrogens with one attached hydrogen (secondary N) is 1. The van der Waals surface area contributed by atoms with Crippen LogP contribution in [0.2, 0.25) is 0 Å². The third-order valence-corrected chi connectivity index (χ3v) is 7.24. The fourth-order valence-corrected chi connectivity index (χ4v) is 5.17. The highest BCUT2D eigenvalue weighted by atomic mass is 32.2. The summed E-state index contributed by atoms with van der Waals surface area (Å²) in [4.78, 5) is 24.2. The first-order chi connectivity index (χ1) is 13.9. The first-order valence-electron chi connectivity index (χ1n) is 10.1. The SMILES string of the molecule is Cc1ccc(S(=O)(=O)N2CCCCC2)cc1NC(=O)COC(=O)C[C@H]1C=CCC1. The number of piperidine rings is 1. The largest absolute Gasteiger partial charge is 0.456 e. The van der Waals surface area contributed by atoms with Gasteiger partial charge in [-0.25, -0.2) is 8.42 Å². The summed E-state index contributed by atoms with van der Waals surface area (Å²) in [6.45, 7) is 2.43. The molecule has 1 amide bonds. The maximum atomic E-state index is 12.9. The van der Waals surface area contributed by atoms with Crippen molar-refractivity contribution in [1.82, 2.24) is 4.31 Å². The first kappa shape index (κ1) is 21.5. The molecule has 0 radical (unpaired) electrons. The molecule has 1 N–H and O–H groups in total. The van der Waals surface area contributed by atoms with Crippen LogP contribution in [0.5, 0.6) is 0 Å². The number of benzene rings is 1. The van der Waals surface area contributed by atoms with Crippen molar-refractivity contribution in [2.24, 2.45) is 5.92 Å². The first-order valence-corrected chi connectivity index (χ1v) is 11.5. The zero-order valence-corrected chi connectivity index (χ0v) is 17.5. The Hall–Kier alpha value is -2.19. The molecule has 1 aliphatic heterocycles. The normalized spacial score (nSPS) is 19.8. The zero-order chi connectivity index (χ0) is 20.9. The lowest BCUT2D eigenvalue weighted by molar-refractivity contribution is -0.147. The van der Waals surface area contributed by atoms with E-state index in [0.717, 1.165) is 37.7 Å². The van der Waals surface area contributed by atoms with Gasteiger partial charge in [-0.05, 0) is 56.2 Å². The minimum atomic E-state index is -3.59. The molecule has 0 saturated carbocycles. The predicted molar refractivity (Wildman–Crippen MR) is 110 cm³/mol. The third-order valence-electron chi connectivity index (χ3n) is 5.34. The van der Waals surface area contributed by atoms with E-state index in [1.54, 1.807) is 19.1 Å². The fraction of sp³-hybridized carbons (Fsp3) is 0.524. The number of allylic oxidation sites excluding steroid dienone is 2. The van der Waals surface area contributed by atoms with Crippen molar-refractivity contribution in [3.8, 4) is 0 Å². The van der Waals surface area contributed by atoms with Crippen molar-refractivity contribution >= 4 is 27.6 Å². The van der Waals surface area contributed by atoms with Crippen molar-refractivity contribution in [3.63, 3.8) is 0 Å². The highest BCUT2D eigenvalue weighted by Gasteiger charge is 2.26. The molecule has 1 aliphatic carbocycles. The maximum absolute atomic E-state index is 12.9. The molecule has 0 aromatic heterocycles. The van der Waals surface area contributed by atoms with Crippen LogP contribution in [0.3, 0.4) is 0 Å². The number of ether oxygens (including phenoxy) is 1. The van der Waals surface area contributed by atoms with E-state index in [-0.39, 0.29) is 17.2 Å². The highest BCUT2D eigenvalue weighted by molar-refractivity contribution is 7.89. The number of aryl methyl sites for hydroxylation is 1. The topological polar surface area (TPSA) is 92.8 Å². The number of hydrogen-bond donors (Lipinski definition) is 1. The molecule has 0 spiro atoms. The Kier molecular flexibility index (Phi) is 7.08. The minimum Gasteiger partial charge on any atom is -0.456 e.